The largest absolute Gasteiger partial charge is 0.392 e. The molecule has 1 fully saturated rings. The zero-order valence-corrected chi connectivity index (χ0v) is 9.79. The van der Waals surface area contributed by atoms with Gasteiger partial charge in [-0.05, 0) is 19.8 Å². The van der Waals surface area contributed by atoms with Gasteiger partial charge in [0.2, 0.25) is 5.92 Å². The summed E-state index contributed by atoms with van der Waals surface area (Å²) >= 11 is 0. The van der Waals surface area contributed by atoms with E-state index in [0.717, 1.165) is 0 Å². The van der Waals surface area contributed by atoms with Crippen molar-refractivity contribution >= 4 is 0 Å². The van der Waals surface area contributed by atoms with E-state index in [2.05, 4.69) is 9.97 Å². The van der Waals surface area contributed by atoms with Gasteiger partial charge in [-0.25, -0.2) is 18.7 Å². The first kappa shape index (κ1) is 12.4. The topological polar surface area (TPSA) is 46.0 Å². The summed E-state index contributed by atoms with van der Waals surface area (Å²) in [7, 11) is 0. The standard InChI is InChI=1S/C12H16F2N2O/c1-8-10(7-17)6-15-11(16-8)9-3-2-4-12(13,14)5-9/h6,9,17H,2-5,7H2,1H3. The summed E-state index contributed by atoms with van der Waals surface area (Å²) in [6, 6.07) is 0. The fraction of sp³-hybridized carbons (Fsp3) is 0.667. The number of rotatable bonds is 2. The average molecular weight is 242 g/mol. The minimum Gasteiger partial charge on any atom is -0.392 e. The average Bonchev–Trinajstić information content (AvgIpc) is 2.27. The molecule has 0 aromatic carbocycles. The first-order valence-corrected chi connectivity index (χ1v) is 5.83. The Bertz CT molecular complexity index is 409. The molecule has 0 radical (unpaired) electrons. The van der Waals surface area contributed by atoms with Crippen LogP contribution in [-0.2, 0) is 6.61 Å². The molecular weight excluding hydrogens is 226 g/mol. The van der Waals surface area contributed by atoms with Crippen molar-refractivity contribution in [1.82, 2.24) is 9.97 Å². The summed E-state index contributed by atoms with van der Waals surface area (Å²) in [5.74, 6) is -2.36. The molecule has 94 valence electrons. The Morgan fingerprint density at radius 2 is 2.29 bits per heavy atom. The van der Waals surface area contributed by atoms with E-state index in [1.807, 2.05) is 0 Å². The number of aryl methyl sites for hydroxylation is 1. The van der Waals surface area contributed by atoms with Crippen molar-refractivity contribution in [3.8, 4) is 0 Å². The summed E-state index contributed by atoms with van der Waals surface area (Å²) in [5.41, 5.74) is 1.32. The third-order valence-electron chi connectivity index (χ3n) is 3.28. The van der Waals surface area contributed by atoms with Crippen molar-refractivity contribution in [3.05, 3.63) is 23.3 Å². The second kappa shape index (κ2) is 4.64. The molecule has 1 aromatic heterocycles. The highest BCUT2D eigenvalue weighted by atomic mass is 19.3. The van der Waals surface area contributed by atoms with Crippen LogP contribution >= 0.6 is 0 Å². The van der Waals surface area contributed by atoms with E-state index < -0.39 is 5.92 Å². The summed E-state index contributed by atoms with van der Waals surface area (Å²) in [6.45, 7) is 1.64. The molecule has 1 N–H and O–H groups in total. The lowest BCUT2D eigenvalue weighted by atomic mass is 9.86. The molecular formula is C12H16F2N2O. The zero-order chi connectivity index (χ0) is 12.5. The Kier molecular flexibility index (Phi) is 3.38. The van der Waals surface area contributed by atoms with Gasteiger partial charge in [-0.15, -0.1) is 0 Å². The number of aromatic nitrogens is 2. The predicted molar refractivity (Wildman–Crippen MR) is 58.8 cm³/mol. The van der Waals surface area contributed by atoms with Crippen LogP contribution in [0.3, 0.4) is 0 Å². The Morgan fingerprint density at radius 3 is 2.88 bits per heavy atom. The van der Waals surface area contributed by atoms with E-state index in [-0.39, 0.29) is 25.4 Å². The van der Waals surface area contributed by atoms with Crippen molar-refractivity contribution in [1.29, 1.82) is 0 Å². The molecule has 1 aromatic rings. The van der Waals surface area contributed by atoms with Gasteiger partial charge in [0.15, 0.2) is 0 Å². The van der Waals surface area contributed by atoms with Gasteiger partial charge in [-0.3, -0.25) is 0 Å². The number of aliphatic hydroxyl groups is 1. The fourth-order valence-electron chi connectivity index (χ4n) is 2.25. The number of hydrogen-bond donors (Lipinski definition) is 1. The minimum absolute atomic E-state index is 0.0305. The number of halogens is 2. The van der Waals surface area contributed by atoms with Crippen LogP contribution in [0.25, 0.3) is 0 Å². The van der Waals surface area contributed by atoms with Crippen LogP contribution in [0.4, 0.5) is 8.78 Å². The molecule has 1 unspecified atom stereocenters. The van der Waals surface area contributed by atoms with E-state index in [4.69, 9.17) is 5.11 Å². The molecule has 1 atom stereocenters. The van der Waals surface area contributed by atoms with Crippen molar-refractivity contribution in [2.75, 3.05) is 0 Å². The smallest absolute Gasteiger partial charge is 0.248 e. The SMILES string of the molecule is Cc1nc(C2CCCC(F)(F)C2)ncc1CO. The van der Waals surface area contributed by atoms with Gasteiger partial charge in [0, 0.05) is 36.2 Å². The zero-order valence-electron chi connectivity index (χ0n) is 9.79. The molecule has 0 amide bonds. The third-order valence-corrected chi connectivity index (χ3v) is 3.28. The molecule has 1 saturated carbocycles. The summed E-state index contributed by atoms with van der Waals surface area (Å²) in [6.07, 6.45) is 2.57. The third kappa shape index (κ3) is 2.77. The molecule has 0 aliphatic heterocycles. The summed E-state index contributed by atoms with van der Waals surface area (Å²) in [5, 5.41) is 9.00. The predicted octanol–water partition coefficient (Wildman–Crippen LogP) is 2.57. The van der Waals surface area contributed by atoms with Crippen LogP contribution in [0.15, 0.2) is 6.20 Å². The Balaban J connectivity index is 2.19. The first-order chi connectivity index (χ1) is 8.02. The van der Waals surface area contributed by atoms with Crippen LogP contribution in [0.2, 0.25) is 0 Å². The lowest BCUT2D eigenvalue weighted by Gasteiger charge is -2.28. The molecule has 0 bridgehead atoms. The van der Waals surface area contributed by atoms with Crippen LogP contribution in [0.1, 0.15) is 48.7 Å². The molecule has 0 spiro atoms. The van der Waals surface area contributed by atoms with Crippen molar-refractivity contribution < 1.29 is 13.9 Å². The second-order valence-electron chi connectivity index (χ2n) is 4.65. The van der Waals surface area contributed by atoms with Crippen molar-refractivity contribution in [3.63, 3.8) is 0 Å². The van der Waals surface area contributed by atoms with Gasteiger partial charge in [0.1, 0.15) is 5.82 Å². The molecule has 1 aliphatic rings. The van der Waals surface area contributed by atoms with Gasteiger partial charge in [0.25, 0.3) is 0 Å². The second-order valence-corrected chi connectivity index (χ2v) is 4.65. The van der Waals surface area contributed by atoms with Crippen molar-refractivity contribution in [2.45, 2.75) is 51.1 Å². The van der Waals surface area contributed by atoms with Gasteiger partial charge >= 0.3 is 0 Å². The van der Waals surface area contributed by atoms with Crippen LogP contribution in [0, 0.1) is 6.92 Å². The normalized spacial score (nSPS) is 23.6. The maximum absolute atomic E-state index is 13.3. The molecule has 1 heterocycles. The fourth-order valence-corrected chi connectivity index (χ4v) is 2.25. The van der Waals surface area contributed by atoms with Gasteiger partial charge in [-0.2, -0.15) is 0 Å². The monoisotopic (exact) mass is 242 g/mol. The van der Waals surface area contributed by atoms with Crippen molar-refractivity contribution in [2.24, 2.45) is 0 Å². The van der Waals surface area contributed by atoms with E-state index in [0.29, 0.717) is 29.9 Å². The van der Waals surface area contributed by atoms with E-state index >= 15 is 0 Å². The molecule has 3 nitrogen and oxygen atoms in total. The van der Waals surface area contributed by atoms with Gasteiger partial charge in [0.05, 0.1) is 6.61 Å². The summed E-state index contributed by atoms with van der Waals surface area (Å²) in [4.78, 5) is 8.32. The summed E-state index contributed by atoms with van der Waals surface area (Å²) < 4.78 is 26.6. The highest BCUT2D eigenvalue weighted by Crippen LogP contribution is 2.40. The number of alkyl halides is 2. The quantitative estimate of drug-likeness (QED) is 0.867. The van der Waals surface area contributed by atoms with Gasteiger partial charge in [-0.1, -0.05) is 0 Å². The Morgan fingerprint density at radius 1 is 1.53 bits per heavy atom. The lowest BCUT2D eigenvalue weighted by Crippen LogP contribution is -2.26. The van der Waals surface area contributed by atoms with E-state index in [1.165, 1.54) is 6.20 Å². The molecule has 17 heavy (non-hydrogen) atoms. The highest BCUT2D eigenvalue weighted by Gasteiger charge is 2.37. The number of nitrogens with zero attached hydrogens (tertiary/aromatic N) is 2. The Hall–Kier alpha value is -1.10. The van der Waals surface area contributed by atoms with E-state index in [1.54, 1.807) is 6.92 Å². The highest BCUT2D eigenvalue weighted by molar-refractivity contribution is 5.16. The number of hydrogen-bond acceptors (Lipinski definition) is 3. The minimum atomic E-state index is -2.59. The molecule has 2 rings (SSSR count). The maximum Gasteiger partial charge on any atom is 0.248 e. The molecule has 0 saturated heterocycles. The van der Waals surface area contributed by atoms with Gasteiger partial charge < -0.3 is 5.11 Å². The molecule has 1 aliphatic carbocycles. The first-order valence-electron chi connectivity index (χ1n) is 5.83. The van der Waals surface area contributed by atoms with Crippen LogP contribution in [0.5, 0.6) is 0 Å². The lowest BCUT2D eigenvalue weighted by molar-refractivity contribution is -0.0417. The molecule has 5 heteroatoms. The maximum atomic E-state index is 13.3. The van der Waals surface area contributed by atoms with E-state index in [9.17, 15) is 8.78 Å². The Labute approximate surface area is 98.9 Å². The number of aliphatic hydroxyl groups excluding tert-OH is 1. The van der Waals surface area contributed by atoms with Crippen LogP contribution in [-0.4, -0.2) is 21.0 Å². The van der Waals surface area contributed by atoms with Crippen LogP contribution < -0.4 is 0 Å².